The Labute approximate surface area is 193 Å². The van der Waals surface area contributed by atoms with Crippen molar-refractivity contribution >= 4 is 33.9 Å². The maximum atomic E-state index is 13.3. The number of rotatable bonds is 4. The van der Waals surface area contributed by atoms with Crippen molar-refractivity contribution in [3.05, 3.63) is 116 Å². The Balaban J connectivity index is 1.66. The lowest BCUT2D eigenvalue weighted by molar-refractivity contribution is -0.113. The number of halogens is 1. The fourth-order valence-corrected chi connectivity index (χ4v) is 4.06. The Morgan fingerprint density at radius 1 is 0.742 bits per heavy atom. The van der Waals surface area contributed by atoms with Crippen LogP contribution in [-0.4, -0.2) is 23.8 Å². The maximum absolute atomic E-state index is 13.3. The number of ketones is 1. The third-order valence-corrected chi connectivity index (χ3v) is 6.06. The zero-order valence-electron chi connectivity index (χ0n) is 17.9. The van der Waals surface area contributed by atoms with E-state index in [4.69, 9.17) is 0 Å². The average Bonchev–Trinajstić information content (AvgIpc) is 2.76. The first-order valence-electron chi connectivity index (χ1n) is 10.5. The van der Waals surface area contributed by atoms with E-state index in [0.717, 1.165) is 33.3 Å². The lowest BCUT2D eigenvalue weighted by atomic mass is 9.93. The lowest BCUT2D eigenvalue weighted by Gasteiger charge is -2.30. The summed E-state index contributed by atoms with van der Waals surface area (Å²) in [7, 11) is 0. The van der Waals surface area contributed by atoms with Crippen LogP contribution < -0.4 is 0 Å². The number of hydrogen-bond donors (Lipinski definition) is 0. The third kappa shape index (κ3) is 5.69. The molecule has 0 atom stereocenters. The first-order valence-corrected chi connectivity index (χ1v) is 11.3. The summed E-state index contributed by atoms with van der Waals surface area (Å²) in [4.78, 5) is 15.7. The van der Waals surface area contributed by atoms with Crippen LogP contribution in [0.25, 0.3) is 12.2 Å². The minimum absolute atomic E-state index is 0.146. The molecule has 1 aliphatic heterocycles. The number of benzene rings is 3. The number of aryl methyl sites for hydroxylation is 2. The molecule has 3 heteroatoms. The Bertz CT molecular complexity index is 1060. The second kappa shape index (κ2) is 9.59. The molecule has 3 aromatic carbocycles. The minimum atomic E-state index is 0.146. The molecule has 1 aliphatic rings. The molecule has 0 saturated carbocycles. The molecule has 0 N–H and O–H groups in total. The SMILES string of the molecule is Cc1ccc(/C=C2\CN(Cc3ccc(Br)cc3)C/C(=C\c3ccc(C)cc3)C2=O)cc1. The fourth-order valence-electron chi connectivity index (χ4n) is 3.80. The highest BCUT2D eigenvalue weighted by atomic mass is 79.9. The van der Waals surface area contributed by atoms with Crippen molar-refractivity contribution < 1.29 is 4.79 Å². The number of Topliss-reactive ketones (excluding diaryl/α,β-unsaturated/α-hetero) is 1. The normalized spacial score (nSPS) is 17.5. The van der Waals surface area contributed by atoms with Gasteiger partial charge in [0.1, 0.15) is 0 Å². The number of carbonyl (C=O) groups excluding carboxylic acids is 1. The van der Waals surface area contributed by atoms with Crippen LogP contribution in [-0.2, 0) is 11.3 Å². The fraction of sp³-hybridized carbons (Fsp3) is 0.179. The average molecular weight is 472 g/mol. The van der Waals surface area contributed by atoms with E-state index in [1.165, 1.54) is 16.7 Å². The number of carbonyl (C=O) groups is 1. The summed E-state index contributed by atoms with van der Waals surface area (Å²) >= 11 is 3.51. The van der Waals surface area contributed by atoms with Gasteiger partial charge in [0.25, 0.3) is 0 Å². The van der Waals surface area contributed by atoms with Gasteiger partial charge in [-0.3, -0.25) is 9.69 Å². The molecular formula is C28H26BrNO. The number of nitrogens with zero attached hydrogens (tertiary/aromatic N) is 1. The second-order valence-electron chi connectivity index (χ2n) is 8.26. The molecule has 1 heterocycles. The van der Waals surface area contributed by atoms with Gasteiger partial charge in [0.15, 0.2) is 5.78 Å². The summed E-state index contributed by atoms with van der Waals surface area (Å²) in [6.07, 6.45) is 4.08. The van der Waals surface area contributed by atoms with E-state index in [9.17, 15) is 4.79 Å². The summed E-state index contributed by atoms with van der Waals surface area (Å²) in [5.41, 5.74) is 7.48. The van der Waals surface area contributed by atoms with E-state index in [1.54, 1.807) is 0 Å². The molecule has 31 heavy (non-hydrogen) atoms. The molecule has 2 nitrogen and oxygen atoms in total. The van der Waals surface area contributed by atoms with E-state index in [1.807, 2.05) is 12.2 Å². The molecule has 0 radical (unpaired) electrons. The van der Waals surface area contributed by atoms with Gasteiger partial charge in [-0.1, -0.05) is 87.7 Å². The van der Waals surface area contributed by atoms with Crippen molar-refractivity contribution in [1.82, 2.24) is 4.90 Å². The van der Waals surface area contributed by atoms with Gasteiger partial charge in [0, 0.05) is 35.3 Å². The van der Waals surface area contributed by atoms with Gasteiger partial charge in [-0.15, -0.1) is 0 Å². The van der Waals surface area contributed by atoms with Gasteiger partial charge in [-0.2, -0.15) is 0 Å². The van der Waals surface area contributed by atoms with Gasteiger partial charge in [-0.05, 0) is 54.8 Å². The topological polar surface area (TPSA) is 20.3 Å². The highest BCUT2D eigenvalue weighted by Gasteiger charge is 2.26. The van der Waals surface area contributed by atoms with Crippen LogP contribution in [0.3, 0.4) is 0 Å². The zero-order chi connectivity index (χ0) is 21.8. The van der Waals surface area contributed by atoms with Crippen molar-refractivity contribution in [3.63, 3.8) is 0 Å². The van der Waals surface area contributed by atoms with Crippen molar-refractivity contribution in [3.8, 4) is 0 Å². The van der Waals surface area contributed by atoms with E-state index in [0.29, 0.717) is 13.1 Å². The third-order valence-electron chi connectivity index (χ3n) is 5.53. The molecule has 0 unspecified atom stereocenters. The number of likely N-dealkylation sites (tertiary alicyclic amines) is 1. The molecule has 1 fully saturated rings. The van der Waals surface area contributed by atoms with E-state index in [-0.39, 0.29) is 5.78 Å². The maximum Gasteiger partial charge on any atom is 0.187 e. The molecule has 156 valence electrons. The van der Waals surface area contributed by atoms with Crippen LogP contribution in [0.4, 0.5) is 0 Å². The Kier molecular flexibility index (Phi) is 6.64. The molecule has 0 aliphatic carbocycles. The van der Waals surface area contributed by atoms with Crippen molar-refractivity contribution in [2.24, 2.45) is 0 Å². The van der Waals surface area contributed by atoms with Gasteiger partial charge < -0.3 is 0 Å². The van der Waals surface area contributed by atoms with Gasteiger partial charge >= 0.3 is 0 Å². The molecule has 3 aromatic rings. The second-order valence-corrected chi connectivity index (χ2v) is 9.18. The summed E-state index contributed by atoms with van der Waals surface area (Å²) in [6.45, 7) is 6.25. The smallest absolute Gasteiger partial charge is 0.187 e. The van der Waals surface area contributed by atoms with Crippen LogP contribution in [0.5, 0.6) is 0 Å². The highest BCUT2D eigenvalue weighted by molar-refractivity contribution is 9.10. The number of piperidine rings is 1. The zero-order valence-corrected chi connectivity index (χ0v) is 19.5. The van der Waals surface area contributed by atoms with E-state index >= 15 is 0 Å². The first-order chi connectivity index (χ1) is 15.0. The predicted octanol–water partition coefficient (Wildman–Crippen LogP) is 6.62. The van der Waals surface area contributed by atoms with Crippen LogP contribution in [0.1, 0.15) is 27.8 Å². The van der Waals surface area contributed by atoms with Gasteiger partial charge in [0.2, 0.25) is 0 Å². The minimum Gasteiger partial charge on any atom is -0.290 e. The molecule has 0 amide bonds. The van der Waals surface area contributed by atoms with Crippen LogP contribution in [0, 0.1) is 13.8 Å². The Hall–Kier alpha value is -2.75. The molecule has 0 bridgehead atoms. The highest BCUT2D eigenvalue weighted by Crippen LogP contribution is 2.24. The summed E-state index contributed by atoms with van der Waals surface area (Å²) in [5.74, 6) is 0.146. The van der Waals surface area contributed by atoms with Gasteiger partial charge in [0.05, 0.1) is 0 Å². The molecule has 0 spiro atoms. The predicted molar refractivity (Wildman–Crippen MR) is 133 cm³/mol. The summed E-state index contributed by atoms with van der Waals surface area (Å²) in [6, 6.07) is 25.0. The van der Waals surface area contributed by atoms with Crippen LogP contribution in [0.15, 0.2) is 88.4 Å². The monoisotopic (exact) mass is 471 g/mol. The Morgan fingerprint density at radius 3 is 1.65 bits per heavy atom. The summed E-state index contributed by atoms with van der Waals surface area (Å²) < 4.78 is 1.07. The quantitative estimate of drug-likeness (QED) is 0.398. The standard InChI is InChI=1S/C28H26BrNO/c1-20-3-7-22(8-4-20)15-25-18-30(17-24-11-13-27(29)14-12-24)19-26(28(25)31)16-23-9-5-21(2)6-10-23/h3-16H,17-19H2,1-2H3/b25-15+,26-16+. The largest absolute Gasteiger partial charge is 0.290 e. The van der Waals surface area contributed by atoms with Crippen molar-refractivity contribution in [2.75, 3.05) is 13.1 Å². The van der Waals surface area contributed by atoms with Crippen molar-refractivity contribution in [2.45, 2.75) is 20.4 Å². The lowest BCUT2D eigenvalue weighted by Crippen LogP contribution is -2.37. The summed E-state index contributed by atoms with van der Waals surface area (Å²) in [5, 5.41) is 0. The van der Waals surface area contributed by atoms with E-state index < -0.39 is 0 Å². The van der Waals surface area contributed by atoms with Crippen molar-refractivity contribution in [1.29, 1.82) is 0 Å². The Morgan fingerprint density at radius 2 is 1.19 bits per heavy atom. The van der Waals surface area contributed by atoms with Crippen LogP contribution >= 0.6 is 15.9 Å². The molecule has 4 rings (SSSR count). The number of hydrogen-bond acceptors (Lipinski definition) is 2. The molecule has 1 saturated heterocycles. The molecule has 0 aromatic heterocycles. The molecular weight excluding hydrogens is 446 g/mol. The van der Waals surface area contributed by atoms with E-state index in [2.05, 4.69) is 107 Å². The first kappa shape index (κ1) is 21.5. The van der Waals surface area contributed by atoms with Gasteiger partial charge in [-0.25, -0.2) is 0 Å². The van der Waals surface area contributed by atoms with Crippen LogP contribution in [0.2, 0.25) is 0 Å².